The number of carbonyl (C=O) groups is 2. The SMILES string of the molecule is O=C(CNC(=O)c1ccc(Cl)c(Cl)c1)N/N=C\c1ccccc1Cl. The highest BCUT2D eigenvalue weighted by atomic mass is 35.5. The summed E-state index contributed by atoms with van der Waals surface area (Å²) in [5, 5.41) is 7.36. The van der Waals surface area contributed by atoms with E-state index in [0.717, 1.165) is 0 Å². The van der Waals surface area contributed by atoms with Crippen molar-refractivity contribution >= 4 is 52.8 Å². The number of hydrogen-bond donors (Lipinski definition) is 2. The summed E-state index contributed by atoms with van der Waals surface area (Å²) in [6.45, 7) is -0.237. The van der Waals surface area contributed by atoms with E-state index in [4.69, 9.17) is 34.8 Å². The zero-order chi connectivity index (χ0) is 17.5. The molecule has 0 heterocycles. The number of amides is 2. The van der Waals surface area contributed by atoms with Crippen molar-refractivity contribution < 1.29 is 9.59 Å². The molecule has 124 valence electrons. The zero-order valence-corrected chi connectivity index (χ0v) is 14.5. The summed E-state index contributed by atoms with van der Waals surface area (Å²) in [5.41, 5.74) is 3.26. The van der Waals surface area contributed by atoms with Crippen LogP contribution in [-0.4, -0.2) is 24.6 Å². The molecule has 0 unspecified atom stereocenters. The first-order chi connectivity index (χ1) is 11.5. The number of halogens is 3. The highest BCUT2D eigenvalue weighted by molar-refractivity contribution is 6.42. The first kappa shape index (κ1) is 18.3. The topological polar surface area (TPSA) is 70.6 Å². The van der Waals surface area contributed by atoms with Gasteiger partial charge in [0.15, 0.2) is 0 Å². The normalized spacial score (nSPS) is 10.6. The van der Waals surface area contributed by atoms with Crippen LogP contribution in [0, 0.1) is 0 Å². The van der Waals surface area contributed by atoms with E-state index < -0.39 is 11.8 Å². The van der Waals surface area contributed by atoms with Crippen molar-refractivity contribution in [3.63, 3.8) is 0 Å². The van der Waals surface area contributed by atoms with E-state index >= 15 is 0 Å². The fourth-order valence-corrected chi connectivity index (χ4v) is 2.18. The van der Waals surface area contributed by atoms with Crippen LogP contribution in [-0.2, 0) is 4.79 Å². The molecule has 0 spiro atoms. The van der Waals surface area contributed by atoms with Crippen molar-refractivity contribution in [3.05, 3.63) is 68.7 Å². The van der Waals surface area contributed by atoms with Crippen molar-refractivity contribution in [1.29, 1.82) is 0 Å². The Bertz CT molecular complexity index is 794. The Morgan fingerprint density at radius 1 is 1.00 bits per heavy atom. The molecule has 0 aliphatic rings. The lowest BCUT2D eigenvalue weighted by molar-refractivity contribution is -0.120. The van der Waals surface area contributed by atoms with E-state index in [1.165, 1.54) is 24.4 Å². The molecule has 0 saturated carbocycles. The van der Waals surface area contributed by atoms with Crippen molar-refractivity contribution in [2.75, 3.05) is 6.54 Å². The molecule has 0 atom stereocenters. The van der Waals surface area contributed by atoms with E-state index in [9.17, 15) is 9.59 Å². The van der Waals surface area contributed by atoms with Crippen LogP contribution in [0.5, 0.6) is 0 Å². The standard InChI is InChI=1S/C16H12Cl3N3O2/c17-12-4-2-1-3-11(12)8-21-22-15(23)9-20-16(24)10-5-6-13(18)14(19)7-10/h1-8H,9H2,(H,20,24)(H,22,23)/b21-8-. The summed E-state index contributed by atoms with van der Waals surface area (Å²) >= 11 is 17.6. The third-order valence-electron chi connectivity index (χ3n) is 2.89. The smallest absolute Gasteiger partial charge is 0.259 e. The van der Waals surface area contributed by atoms with E-state index in [-0.39, 0.29) is 11.6 Å². The molecule has 8 heteroatoms. The maximum atomic E-state index is 11.9. The summed E-state index contributed by atoms with van der Waals surface area (Å²) in [6.07, 6.45) is 1.42. The third kappa shape index (κ3) is 5.23. The minimum atomic E-state index is -0.480. The van der Waals surface area contributed by atoms with Crippen LogP contribution in [0.15, 0.2) is 47.6 Å². The highest BCUT2D eigenvalue weighted by Crippen LogP contribution is 2.22. The Kier molecular flexibility index (Phi) is 6.61. The van der Waals surface area contributed by atoms with Gasteiger partial charge in [-0.25, -0.2) is 5.43 Å². The number of hydrazone groups is 1. The Hall–Kier alpha value is -2.08. The number of benzene rings is 2. The van der Waals surface area contributed by atoms with Crippen LogP contribution in [0.25, 0.3) is 0 Å². The fourth-order valence-electron chi connectivity index (χ4n) is 1.69. The molecule has 0 radical (unpaired) electrons. The monoisotopic (exact) mass is 383 g/mol. The molecule has 0 bridgehead atoms. The zero-order valence-electron chi connectivity index (χ0n) is 12.2. The van der Waals surface area contributed by atoms with E-state index in [2.05, 4.69) is 15.8 Å². The van der Waals surface area contributed by atoms with Gasteiger partial charge in [0.2, 0.25) is 0 Å². The number of hydrogen-bond acceptors (Lipinski definition) is 3. The predicted molar refractivity (Wildman–Crippen MR) is 96.0 cm³/mol. The van der Waals surface area contributed by atoms with Crippen molar-refractivity contribution in [1.82, 2.24) is 10.7 Å². The molecule has 2 N–H and O–H groups in total. The van der Waals surface area contributed by atoms with Gasteiger partial charge in [-0.05, 0) is 24.3 Å². The Morgan fingerprint density at radius 3 is 2.46 bits per heavy atom. The molecule has 0 saturated heterocycles. The molecule has 2 aromatic rings. The molecule has 0 aliphatic heterocycles. The Balaban J connectivity index is 1.83. The first-order valence-corrected chi connectivity index (χ1v) is 7.90. The predicted octanol–water partition coefficient (Wildman–Crippen LogP) is 3.53. The maximum absolute atomic E-state index is 11.9. The summed E-state index contributed by atoms with van der Waals surface area (Å²) in [6, 6.07) is 11.5. The number of rotatable bonds is 5. The number of nitrogens with zero attached hydrogens (tertiary/aromatic N) is 1. The number of nitrogens with one attached hydrogen (secondary N) is 2. The molecule has 24 heavy (non-hydrogen) atoms. The molecular formula is C16H12Cl3N3O2. The Morgan fingerprint density at radius 2 is 1.75 bits per heavy atom. The summed E-state index contributed by atoms with van der Waals surface area (Å²) < 4.78 is 0. The highest BCUT2D eigenvalue weighted by Gasteiger charge is 2.09. The largest absolute Gasteiger partial charge is 0.343 e. The van der Waals surface area contributed by atoms with Crippen LogP contribution in [0.2, 0.25) is 15.1 Å². The van der Waals surface area contributed by atoms with E-state index in [0.29, 0.717) is 21.2 Å². The van der Waals surface area contributed by atoms with Gasteiger partial charge in [-0.1, -0.05) is 53.0 Å². The van der Waals surface area contributed by atoms with Crippen LogP contribution < -0.4 is 10.7 Å². The van der Waals surface area contributed by atoms with Gasteiger partial charge in [0.05, 0.1) is 22.8 Å². The molecule has 0 aliphatic carbocycles. The second-order valence-electron chi connectivity index (χ2n) is 4.63. The van der Waals surface area contributed by atoms with E-state index in [1.807, 2.05) is 0 Å². The second kappa shape index (κ2) is 8.68. The maximum Gasteiger partial charge on any atom is 0.259 e. The quantitative estimate of drug-likeness (QED) is 0.611. The van der Waals surface area contributed by atoms with Gasteiger partial charge in [0.1, 0.15) is 0 Å². The lowest BCUT2D eigenvalue weighted by Crippen LogP contribution is -2.34. The van der Waals surface area contributed by atoms with Gasteiger partial charge in [-0.3, -0.25) is 9.59 Å². The average molecular weight is 385 g/mol. The number of carbonyl (C=O) groups excluding carboxylic acids is 2. The summed E-state index contributed by atoms with van der Waals surface area (Å²) in [5.74, 6) is -0.925. The second-order valence-corrected chi connectivity index (χ2v) is 5.85. The summed E-state index contributed by atoms with van der Waals surface area (Å²) in [4.78, 5) is 23.6. The van der Waals surface area contributed by atoms with Gasteiger partial charge in [0, 0.05) is 16.1 Å². The van der Waals surface area contributed by atoms with Gasteiger partial charge in [-0.15, -0.1) is 0 Å². The van der Waals surface area contributed by atoms with Crippen molar-refractivity contribution in [2.45, 2.75) is 0 Å². The molecule has 0 aromatic heterocycles. The molecule has 0 fully saturated rings. The van der Waals surface area contributed by atoms with Gasteiger partial charge in [-0.2, -0.15) is 5.10 Å². The van der Waals surface area contributed by atoms with Crippen LogP contribution in [0.3, 0.4) is 0 Å². The summed E-state index contributed by atoms with van der Waals surface area (Å²) in [7, 11) is 0. The third-order valence-corrected chi connectivity index (χ3v) is 3.97. The van der Waals surface area contributed by atoms with Crippen LogP contribution >= 0.6 is 34.8 Å². The average Bonchev–Trinajstić information content (AvgIpc) is 2.57. The molecule has 2 amide bonds. The lowest BCUT2D eigenvalue weighted by atomic mass is 10.2. The van der Waals surface area contributed by atoms with Gasteiger partial charge >= 0.3 is 0 Å². The van der Waals surface area contributed by atoms with Crippen LogP contribution in [0.4, 0.5) is 0 Å². The molecular weight excluding hydrogens is 373 g/mol. The lowest BCUT2D eigenvalue weighted by Gasteiger charge is -2.05. The molecule has 2 rings (SSSR count). The van der Waals surface area contributed by atoms with Crippen molar-refractivity contribution in [2.24, 2.45) is 5.10 Å². The van der Waals surface area contributed by atoms with E-state index in [1.54, 1.807) is 24.3 Å². The van der Waals surface area contributed by atoms with Gasteiger partial charge < -0.3 is 5.32 Å². The van der Waals surface area contributed by atoms with Gasteiger partial charge in [0.25, 0.3) is 11.8 Å². The Labute approximate surface area is 153 Å². The fraction of sp³-hybridized carbons (Fsp3) is 0.0625. The van der Waals surface area contributed by atoms with Crippen molar-refractivity contribution in [3.8, 4) is 0 Å². The minimum Gasteiger partial charge on any atom is -0.343 e. The van der Waals surface area contributed by atoms with Crippen LogP contribution in [0.1, 0.15) is 15.9 Å². The molecule has 5 nitrogen and oxygen atoms in total. The minimum absolute atomic E-state index is 0.237. The first-order valence-electron chi connectivity index (χ1n) is 6.77. The molecule has 2 aromatic carbocycles.